The van der Waals surface area contributed by atoms with Crippen molar-refractivity contribution in [2.24, 2.45) is 11.5 Å². The number of primary amides is 1. The van der Waals surface area contributed by atoms with E-state index in [1.165, 1.54) is 0 Å². The number of benzene rings is 2. The van der Waals surface area contributed by atoms with Crippen LogP contribution in [0.2, 0.25) is 0 Å². The Morgan fingerprint density at radius 2 is 1.76 bits per heavy atom. The van der Waals surface area contributed by atoms with Crippen molar-refractivity contribution >= 4 is 35.8 Å². The number of amidine groups is 1. The Balaban J connectivity index is 0.00000420. The van der Waals surface area contributed by atoms with Crippen LogP contribution in [-0.4, -0.2) is 29.4 Å². The molecule has 0 heterocycles. The molecule has 1 atom stereocenters. The van der Waals surface area contributed by atoms with Crippen LogP contribution in [0.5, 0.6) is 5.75 Å². The molecule has 0 bridgehead atoms. The van der Waals surface area contributed by atoms with Crippen molar-refractivity contribution in [2.75, 3.05) is 11.9 Å². The largest absolute Gasteiger partial charge is 0.483 e. The monoisotopic (exact) mass is 420 g/mol. The van der Waals surface area contributed by atoms with E-state index in [0.717, 1.165) is 5.56 Å². The minimum absolute atomic E-state index is 0. The molecule has 29 heavy (non-hydrogen) atoms. The number of anilines is 1. The van der Waals surface area contributed by atoms with Gasteiger partial charge in [0.05, 0.1) is 0 Å². The maximum atomic E-state index is 11.9. The second-order valence-corrected chi connectivity index (χ2v) is 6.61. The fourth-order valence-corrected chi connectivity index (χ4v) is 2.68. The number of carboxylic acids is 1. The van der Waals surface area contributed by atoms with Gasteiger partial charge in [-0.05, 0) is 53.4 Å². The van der Waals surface area contributed by atoms with Crippen LogP contribution in [0.3, 0.4) is 0 Å². The molecule has 0 aromatic heterocycles. The van der Waals surface area contributed by atoms with Crippen molar-refractivity contribution < 1.29 is 19.4 Å². The predicted molar refractivity (Wildman–Crippen MR) is 114 cm³/mol. The Morgan fingerprint density at radius 1 is 1.14 bits per heavy atom. The number of hydrogen-bond acceptors (Lipinski definition) is 5. The predicted octanol–water partition coefficient (Wildman–Crippen LogP) is 2.62. The highest BCUT2D eigenvalue weighted by molar-refractivity contribution is 5.95. The molecule has 9 heteroatoms. The molecule has 0 spiro atoms. The maximum Gasteiger partial charge on any atom is 0.330 e. The third kappa shape index (κ3) is 6.39. The highest BCUT2D eigenvalue weighted by Gasteiger charge is 2.22. The number of carbonyl (C=O) groups is 2. The first-order valence-electron chi connectivity index (χ1n) is 8.67. The number of amides is 1. The summed E-state index contributed by atoms with van der Waals surface area (Å²) >= 11 is 0. The third-order valence-corrected chi connectivity index (χ3v) is 4.11. The first-order valence-corrected chi connectivity index (χ1v) is 8.67. The molecule has 156 valence electrons. The summed E-state index contributed by atoms with van der Waals surface area (Å²) < 4.78 is 5.43. The molecule has 2 aromatic rings. The summed E-state index contributed by atoms with van der Waals surface area (Å²) in [6, 6.07) is 10.7. The van der Waals surface area contributed by atoms with Crippen molar-refractivity contribution in [3.8, 4) is 5.75 Å². The van der Waals surface area contributed by atoms with Crippen molar-refractivity contribution in [1.82, 2.24) is 0 Å². The van der Waals surface area contributed by atoms with E-state index in [-0.39, 0.29) is 30.8 Å². The standard InChI is InChI=1S/C20H24N4O4.ClH/c1-11(2)15-9-13(5-8-16(15)28-10-17(21)25)18(20(26)27)24-14-6-3-12(4-7-14)19(22)23;/h3-9,11,18,24H,10H2,1-2H3,(H2,21,25)(H3,22,23)(H,26,27);1H. The highest BCUT2D eigenvalue weighted by atomic mass is 35.5. The van der Waals surface area contributed by atoms with E-state index in [1.807, 2.05) is 13.8 Å². The van der Waals surface area contributed by atoms with E-state index in [9.17, 15) is 14.7 Å². The molecule has 2 aromatic carbocycles. The highest BCUT2D eigenvalue weighted by Crippen LogP contribution is 2.31. The number of nitrogens with two attached hydrogens (primary N) is 2. The number of hydrogen-bond donors (Lipinski definition) is 5. The molecule has 0 aliphatic rings. The zero-order valence-electron chi connectivity index (χ0n) is 16.1. The summed E-state index contributed by atoms with van der Waals surface area (Å²) in [6.07, 6.45) is 0. The number of nitrogens with one attached hydrogen (secondary N) is 2. The third-order valence-electron chi connectivity index (χ3n) is 4.11. The maximum absolute atomic E-state index is 11.9. The number of rotatable bonds is 9. The number of carboxylic acid groups (broad SMARTS) is 1. The van der Waals surface area contributed by atoms with E-state index in [4.69, 9.17) is 21.6 Å². The molecule has 0 saturated carbocycles. The lowest BCUT2D eigenvalue weighted by Gasteiger charge is -2.20. The molecule has 0 fully saturated rings. The van der Waals surface area contributed by atoms with Gasteiger partial charge in [0.1, 0.15) is 11.6 Å². The number of ether oxygens (including phenoxy) is 1. The lowest BCUT2D eigenvalue weighted by atomic mass is 9.96. The lowest BCUT2D eigenvalue weighted by molar-refractivity contribution is -0.138. The fourth-order valence-electron chi connectivity index (χ4n) is 2.68. The van der Waals surface area contributed by atoms with Gasteiger partial charge in [0.15, 0.2) is 12.6 Å². The normalized spacial score (nSPS) is 11.3. The Labute approximate surface area is 175 Å². The SMILES string of the molecule is CC(C)c1cc(C(Nc2ccc(C(=N)N)cc2)C(=O)O)ccc1OCC(N)=O.Cl. The summed E-state index contributed by atoms with van der Waals surface area (Å²) in [4.78, 5) is 22.8. The van der Waals surface area contributed by atoms with Crippen LogP contribution in [0.4, 0.5) is 5.69 Å². The van der Waals surface area contributed by atoms with Crippen molar-refractivity contribution in [3.63, 3.8) is 0 Å². The Hall–Kier alpha value is -3.26. The van der Waals surface area contributed by atoms with Crippen LogP contribution in [0, 0.1) is 5.41 Å². The van der Waals surface area contributed by atoms with Crippen molar-refractivity contribution in [3.05, 3.63) is 59.2 Å². The van der Waals surface area contributed by atoms with Crippen LogP contribution < -0.4 is 21.5 Å². The molecule has 1 unspecified atom stereocenters. The molecule has 7 N–H and O–H groups in total. The van der Waals surface area contributed by atoms with Gasteiger partial charge in [-0.25, -0.2) is 4.79 Å². The van der Waals surface area contributed by atoms with E-state index < -0.39 is 17.9 Å². The topological polar surface area (TPSA) is 152 Å². The zero-order valence-corrected chi connectivity index (χ0v) is 17.0. The zero-order chi connectivity index (χ0) is 20.8. The molecule has 2 rings (SSSR count). The Morgan fingerprint density at radius 3 is 2.24 bits per heavy atom. The van der Waals surface area contributed by atoms with Gasteiger partial charge in [-0.15, -0.1) is 12.4 Å². The second-order valence-electron chi connectivity index (χ2n) is 6.61. The molecule has 1 amide bonds. The number of halogens is 1. The second kappa shape index (κ2) is 10.3. The van der Waals surface area contributed by atoms with Gasteiger partial charge in [0.25, 0.3) is 5.91 Å². The molecule has 0 aliphatic heterocycles. The molecular weight excluding hydrogens is 396 g/mol. The van der Waals surface area contributed by atoms with E-state index >= 15 is 0 Å². The van der Waals surface area contributed by atoms with Crippen LogP contribution in [0.1, 0.15) is 42.5 Å². The first kappa shape index (κ1) is 23.8. The molecule has 0 radical (unpaired) electrons. The van der Waals surface area contributed by atoms with Crippen LogP contribution >= 0.6 is 12.4 Å². The first-order chi connectivity index (χ1) is 13.2. The summed E-state index contributed by atoms with van der Waals surface area (Å²) in [5.41, 5.74) is 13.0. The van der Waals surface area contributed by atoms with Crippen LogP contribution in [0.25, 0.3) is 0 Å². The summed E-state index contributed by atoms with van der Waals surface area (Å²) in [7, 11) is 0. The number of carbonyl (C=O) groups excluding carboxylic acids is 1. The molecular formula is C20H25ClN4O4. The quantitative estimate of drug-likeness (QED) is 0.310. The summed E-state index contributed by atoms with van der Waals surface area (Å²) in [6.45, 7) is 3.64. The van der Waals surface area contributed by atoms with E-state index in [1.54, 1.807) is 42.5 Å². The Kier molecular flexibility index (Phi) is 8.47. The van der Waals surface area contributed by atoms with Gasteiger partial charge in [0, 0.05) is 11.3 Å². The number of nitrogen functional groups attached to an aromatic ring is 1. The Bertz CT molecular complexity index is 885. The minimum atomic E-state index is -1.05. The smallest absolute Gasteiger partial charge is 0.330 e. The van der Waals surface area contributed by atoms with E-state index in [2.05, 4.69) is 5.32 Å². The molecule has 0 saturated heterocycles. The van der Waals surface area contributed by atoms with Crippen LogP contribution in [0.15, 0.2) is 42.5 Å². The van der Waals surface area contributed by atoms with Gasteiger partial charge >= 0.3 is 5.97 Å². The van der Waals surface area contributed by atoms with Gasteiger partial charge < -0.3 is 26.6 Å². The van der Waals surface area contributed by atoms with Gasteiger partial charge in [-0.2, -0.15) is 0 Å². The molecule has 0 aliphatic carbocycles. The summed E-state index contributed by atoms with van der Waals surface area (Å²) in [5.74, 6) is -1.15. The van der Waals surface area contributed by atoms with Gasteiger partial charge in [0.2, 0.25) is 0 Å². The lowest BCUT2D eigenvalue weighted by Crippen LogP contribution is -2.22. The van der Waals surface area contributed by atoms with Crippen molar-refractivity contribution in [1.29, 1.82) is 5.41 Å². The van der Waals surface area contributed by atoms with Crippen LogP contribution in [-0.2, 0) is 9.59 Å². The number of aliphatic carboxylic acids is 1. The average molecular weight is 421 g/mol. The fraction of sp³-hybridized carbons (Fsp3) is 0.250. The van der Waals surface area contributed by atoms with Gasteiger partial charge in [-0.1, -0.05) is 19.9 Å². The van der Waals surface area contributed by atoms with E-state index in [0.29, 0.717) is 22.6 Å². The summed E-state index contributed by atoms with van der Waals surface area (Å²) in [5, 5.41) is 20.1. The average Bonchev–Trinajstić information content (AvgIpc) is 2.64. The minimum Gasteiger partial charge on any atom is -0.483 e. The molecule has 8 nitrogen and oxygen atoms in total. The van der Waals surface area contributed by atoms with Gasteiger partial charge in [-0.3, -0.25) is 10.2 Å². The van der Waals surface area contributed by atoms with Crippen molar-refractivity contribution in [2.45, 2.75) is 25.8 Å².